The normalized spacial score (nSPS) is 23.6. The molecule has 0 unspecified atom stereocenters. The first kappa shape index (κ1) is 16.3. The highest BCUT2D eigenvalue weighted by Crippen LogP contribution is 2.44. The van der Waals surface area contributed by atoms with Crippen LogP contribution < -0.4 is 5.32 Å². The average molecular weight is 373 g/mol. The Hall–Kier alpha value is -2.66. The number of likely N-dealkylation sites (tertiary alicyclic amines) is 1. The number of hydrogen-bond acceptors (Lipinski definition) is 5. The number of ketones is 1. The Labute approximate surface area is 164 Å². The van der Waals surface area contributed by atoms with E-state index in [9.17, 15) is 4.79 Å². The third-order valence-electron chi connectivity index (χ3n) is 6.95. The summed E-state index contributed by atoms with van der Waals surface area (Å²) in [6.45, 7) is 2.39. The lowest BCUT2D eigenvalue weighted by Crippen LogP contribution is -2.51. The van der Waals surface area contributed by atoms with Crippen LogP contribution >= 0.6 is 0 Å². The van der Waals surface area contributed by atoms with Crippen molar-refractivity contribution in [3.05, 3.63) is 76.9 Å². The average Bonchev–Trinajstić information content (AvgIpc) is 3.37. The first-order valence-electron chi connectivity index (χ1n) is 10.1. The molecule has 0 radical (unpaired) electrons. The van der Waals surface area contributed by atoms with Crippen LogP contribution in [-0.2, 0) is 34.6 Å². The molecule has 0 saturated carbocycles. The maximum Gasteiger partial charge on any atom is 0.185 e. The Morgan fingerprint density at radius 2 is 1.71 bits per heavy atom. The van der Waals surface area contributed by atoms with Gasteiger partial charge in [0.1, 0.15) is 17.0 Å². The van der Waals surface area contributed by atoms with Crippen LogP contribution in [0, 0.1) is 0 Å². The summed E-state index contributed by atoms with van der Waals surface area (Å²) in [4.78, 5) is 19.9. The van der Waals surface area contributed by atoms with Crippen LogP contribution in [-0.4, -0.2) is 34.3 Å². The number of pyridine rings is 1. The van der Waals surface area contributed by atoms with Crippen LogP contribution in [0.2, 0.25) is 0 Å². The molecule has 6 rings (SSSR count). The number of piperidine rings is 1. The third-order valence-corrected chi connectivity index (χ3v) is 6.95. The fraction of sp³-hybridized carbons (Fsp3) is 0.391. The van der Waals surface area contributed by atoms with E-state index in [1.54, 1.807) is 0 Å². The van der Waals surface area contributed by atoms with Crippen molar-refractivity contribution in [3.8, 4) is 0 Å². The zero-order valence-corrected chi connectivity index (χ0v) is 15.8. The van der Waals surface area contributed by atoms with Gasteiger partial charge in [0.25, 0.3) is 0 Å². The molecule has 1 aromatic carbocycles. The molecule has 0 bridgehead atoms. The number of carbonyl (C=O) groups is 1. The Kier molecular flexibility index (Phi) is 3.30. The van der Waals surface area contributed by atoms with E-state index < -0.39 is 5.54 Å². The molecule has 142 valence electrons. The summed E-state index contributed by atoms with van der Waals surface area (Å²) in [5.41, 5.74) is 4.17. The molecule has 4 heterocycles. The van der Waals surface area contributed by atoms with Gasteiger partial charge < -0.3 is 15.0 Å². The summed E-state index contributed by atoms with van der Waals surface area (Å²) in [6, 6.07) is 12.5. The molecule has 2 aromatic rings. The molecule has 0 amide bonds. The highest BCUT2D eigenvalue weighted by Gasteiger charge is 2.49. The van der Waals surface area contributed by atoms with E-state index in [0.717, 1.165) is 50.3 Å². The van der Waals surface area contributed by atoms with Gasteiger partial charge in [0.15, 0.2) is 5.78 Å². The summed E-state index contributed by atoms with van der Waals surface area (Å²) in [5, 5.41) is 3.61. The zero-order chi connectivity index (χ0) is 18.8. The molecule has 3 aliphatic heterocycles. The second kappa shape index (κ2) is 5.67. The summed E-state index contributed by atoms with van der Waals surface area (Å²) in [7, 11) is 0. The topological polar surface area (TPSA) is 54.5 Å². The van der Waals surface area contributed by atoms with Gasteiger partial charge in [-0.05, 0) is 30.0 Å². The first-order valence-corrected chi connectivity index (χ1v) is 10.1. The van der Waals surface area contributed by atoms with E-state index in [4.69, 9.17) is 4.74 Å². The number of benzene rings is 1. The largest absolute Gasteiger partial charge is 0.364 e. The summed E-state index contributed by atoms with van der Waals surface area (Å²) in [5.74, 6) is 1.19. The predicted octanol–water partition coefficient (Wildman–Crippen LogP) is 2.45. The van der Waals surface area contributed by atoms with Crippen LogP contribution in [0.5, 0.6) is 0 Å². The maximum absolute atomic E-state index is 12.9. The Morgan fingerprint density at radius 1 is 1.00 bits per heavy atom. The van der Waals surface area contributed by atoms with Crippen molar-refractivity contribution in [1.29, 1.82) is 0 Å². The molecule has 1 aromatic heterocycles. The van der Waals surface area contributed by atoms with E-state index in [0.29, 0.717) is 6.61 Å². The molecule has 5 heteroatoms. The number of fused-ring (bicyclic) bond motifs is 3. The monoisotopic (exact) mass is 373 g/mol. The van der Waals surface area contributed by atoms with Crippen molar-refractivity contribution in [3.63, 3.8) is 0 Å². The number of carbonyl (C=O) groups excluding carboxylic acids is 1. The van der Waals surface area contributed by atoms with Gasteiger partial charge in [-0.3, -0.25) is 9.78 Å². The quantitative estimate of drug-likeness (QED) is 0.832. The molecular formula is C23H23N3O2. The van der Waals surface area contributed by atoms with E-state index in [1.165, 1.54) is 16.7 Å². The molecule has 4 aliphatic rings. The third kappa shape index (κ3) is 2.23. The van der Waals surface area contributed by atoms with Crippen molar-refractivity contribution in [2.45, 2.75) is 43.4 Å². The molecule has 0 atom stereocenters. The minimum atomic E-state index is -0.480. The van der Waals surface area contributed by atoms with E-state index >= 15 is 0 Å². The molecule has 2 spiro atoms. The van der Waals surface area contributed by atoms with E-state index in [1.807, 2.05) is 18.3 Å². The van der Waals surface area contributed by atoms with Gasteiger partial charge in [-0.1, -0.05) is 30.3 Å². The van der Waals surface area contributed by atoms with Gasteiger partial charge in [-0.2, -0.15) is 0 Å². The van der Waals surface area contributed by atoms with Crippen molar-refractivity contribution < 1.29 is 9.53 Å². The molecule has 5 nitrogen and oxygen atoms in total. The lowest BCUT2D eigenvalue weighted by atomic mass is 9.87. The van der Waals surface area contributed by atoms with Gasteiger partial charge in [-0.25, -0.2) is 0 Å². The Bertz CT molecular complexity index is 979. The van der Waals surface area contributed by atoms with E-state index in [-0.39, 0.29) is 11.4 Å². The lowest BCUT2D eigenvalue weighted by Gasteiger charge is -2.40. The highest BCUT2D eigenvalue weighted by molar-refractivity contribution is 6.02. The van der Waals surface area contributed by atoms with Gasteiger partial charge in [0.2, 0.25) is 0 Å². The predicted molar refractivity (Wildman–Crippen MR) is 104 cm³/mol. The van der Waals surface area contributed by atoms with Gasteiger partial charge in [0, 0.05) is 43.8 Å². The standard InChI is InChI=1S/C23H23N3O2/c27-19-12-20(25-22(19)13-16-4-1-2-5-17(16)14-22)26-10-7-23(8-11-26)21-18(15-28-23)6-3-9-24-21/h1-6,9,12,25H,7-8,10-11,13-15H2. The van der Waals surface area contributed by atoms with Gasteiger partial charge >= 0.3 is 0 Å². The van der Waals surface area contributed by atoms with Gasteiger partial charge in [-0.15, -0.1) is 0 Å². The van der Waals surface area contributed by atoms with Crippen molar-refractivity contribution in [1.82, 2.24) is 15.2 Å². The van der Waals surface area contributed by atoms with Crippen molar-refractivity contribution >= 4 is 5.78 Å². The van der Waals surface area contributed by atoms with Crippen molar-refractivity contribution in [2.75, 3.05) is 13.1 Å². The van der Waals surface area contributed by atoms with Crippen LogP contribution in [0.4, 0.5) is 0 Å². The SMILES string of the molecule is O=C1C=C(N2CCC3(CC2)OCc2cccnc23)NC12Cc1ccccc1C2. The minimum absolute atomic E-state index is 0.211. The van der Waals surface area contributed by atoms with Crippen LogP contribution in [0.15, 0.2) is 54.5 Å². The fourth-order valence-electron chi connectivity index (χ4n) is 5.39. The second-order valence-corrected chi connectivity index (χ2v) is 8.50. The molecule has 1 N–H and O–H groups in total. The highest BCUT2D eigenvalue weighted by atomic mass is 16.5. The fourth-order valence-corrected chi connectivity index (χ4v) is 5.39. The summed E-state index contributed by atoms with van der Waals surface area (Å²) in [6.07, 6.45) is 7.05. The Morgan fingerprint density at radius 3 is 2.46 bits per heavy atom. The smallest absolute Gasteiger partial charge is 0.185 e. The van der Waals surface area contributed by atoms with E-state index in [2.05, 4.69) is 45.5 Å². The zero-order valence-electron chi connectivity index (χ0n) is 15.8. The van der Waals surface area contributed by atoms with Crippen LogP contribution in [0.25, 0.3) is 0 Å². The number of nitrogens with zero attached hydrogens (tertiary/aromatic N) is 2. The molecular weight excluding hydrogens is 350 g/mol. The molecule has 28 heavy (non-hydrogen) atoms. The number of aromatic nitrogens is 1. The maximum atomic E-state index is 12.9. The number of nitrogens with one attached hydrogen (secondary N) is 1. The first-order chi connectivity index (χ1) is 13.7. The molecule has 1 saturated heterocycles. The summed E-state index contributed by atoms with van der Waals surface area (Å²) >= 11 is 0. The number of hydrogen-bond donors (Lipinski definition) is 1. The second-order valence-electron chi connectivity index (χ2n) is 8.50. The molecule has 1 aliphatic carbocycles. The number of ether oxygens (including phenoxy) is 1. The van der Waals surface area contributed by atoms with Crippen LogP contribution in [0.3, 0.4) is 0 Å². The molecule has 1 fully saturated rings. The van der Waals surface area contributed by atoms with Crippen LogP contribution in [0.1, 0.15) is 35.2 Å². The van der Waals surface area contributed by atoms with Gasteiger partial charge in [0.05, 0.1) is 12.3 Å². The number of rotatable bonds is 1. The lowest BCUT2D eigenvalue weighted by molar-refractivity contribution is -0.119. The Balaban J connectivity index is 1.19. The van der Waals surface area contributed by atoms with Crippen molar-refractivity contribution in [2.24, 2.45) is 0 Å². The summed E-state index contributed by atoms with van der Waals surface area (Å²) < 4.78 is 6.22. The minimum Gasteiger partial charge on any atom is -0.364 e.